The van der Waals surface area contributed by atoms with Gasteiger partial charge in [0.05, 0.1) is 18.0 Å². The van der Waals surface area contributed by atoms with Crippen LogP contribution in [0, 0.1) is 5.92 Å². The topological polar surface area (TPSA) is 118 Å². The number of anilines is 1. The van der Waals surface area contributed by atoms with Gasteiger partial charge in [0, 0.05) is 17.8 Å². The van der Waals surface area contributed by atoms with Crippen LogP contribution in [0.5, 0.6) is 0 Å². The molecule has 1 aliphatic rings. The van der Waals surface area contributed by atoms with Crippen molar-refractivity contribution in [1.82, 2.24) is 10.3 Å². The normalized spacial score (nSPS) is 12.9. The molecule has 0 saturated heterocycles. The maximum atomic E-state index is 12.4. The Hall–Kier alpha value is -3.72. The molecule has 9 heteroatoms. The third kappa shape index (κ3) is 6.05. The fourth-order valence-electron chi connectivity index (χ4n) is 4.15. The molecule has 0 aliphatic heterocycles. The molecule has 1 unspecified atom stereocenters. The number of aromatic nitrogens is 1. The number of carboxylic acids is 1. The first-order chi connectivity index (χ1) is 16.9. The second kappa shape index (κ2) is 11.1. The molecular weight excluding hydrogens is 466 g/mol. The van der Waals surface area contributed by atoms with Crippen molar-refractivity contribution in [3.63, 3.8) is 0 Å². The molecule has 0 radical (unpaired) electrons. The van der Waals surface area contributed by atoms with E-state index in [9.17, 15) is 14.4 Å². The zero-order valence-electron chi connectivity index (χ0n) is 19.3. The van der Waals surface area contributed by atoms with Crippen molar-refractivity contribution in [2.24, 2.45) is 5.92 Å². The Bertz CT molecular complexity index is 1180. The maximum Gasteiger partial charge on any atom is 0.413 e. The van der Waals surface area contributed by atoms with Crippen LogP contribution < -0.4 is 10.6 Å². The van der Waals surface area contributed by atoms with Gasteiger partial charge in [0.15, 0.2) is 5.13 Å². The van der Waals surface area contributed by atoms with Crippen molar-refractivity contribution < 1.29 is 24.2 Å². The van der Waals surface area contributed by atoms with Crippen LogP contribution in [0.3, 0.4) is 0 Å². The summed E-state index contributed by atoms with van der Waals surface area (Å²) in [6, 6.07) is 16.3. The molecule has 182 valence electrons. The number of fused-ring (bicyclic) bond motifs is 3. The Balaban J connectivity index is 1.24. The van der Waals surface area contributed by atoms with Crippen molar-refractivity contribution >= 4 is 34.4 Å². The highest BCUT2D eigenvalue weighted by Crippen LogP contribution is 2.44. The summed E-state index contributed by atoms with van der Waals surface area (Å²) in [4.78, 5) is 39.6. The number of carbonyl (C=O) groups excluding carboxylic acids is 2. The molecule has 3 aromatic rings. The van der Waals surface area contributed by atoms with Crippen LogP contribution in [0.15, 0.2) is 53.9 Å². The summed E-state index contributed by atoms with van der Waals surface area (Å²) in [6.45, 7) is 2.26. The molecule has 2 amide bonds. The summed E-state index contributed by atoms with van der Waals surface area (Å²) in [5.74, 6) is -1.50. The van der Waals surface area contributed by atoms with Gasteiger partial charge in [0.2, 0.25) is 5.91 Å². The number of amides is 2. The van der Waals surface area contributed by atoms with Crippen LogP contribution in [0.2, 0.25) is 0 Å². The minimum atomic E-state index is -0.838. The number of ether oxygens (including phenoxy) is 1. The van der Waals surface area contributed by atoms with Gasteiger partial charge in [-0.15, -0.1) is 11.3 Å². The minimum absolute atomic E-state index is 0.0258. The number of aliphatic carboxylic acids is 1. The summed E-state index contributed by atoms with van der Waals surface area (Å²) in [5, 5.41) is 16.4. The van der Waals surface area contributed by atoms with Crippen molar-refractivity contribution in [2.45, 2.75) is 32.1 Å². The monoisotopic (exact) mass is 493 g/mol. The fraction of sp³-hybridized carbons (Fsp3) is 0.308. The van der Waals surface area contributed by atoms with E-state index < -0.39 is 18.0 Å². The number of carboxylic acid groups (broad SMARTS) is 1. The molecule has 1 atom stereocenters. The molecular formula is C26H27N3O5S. The van der Waals surface area contributed by atoms with Crippen molar-refractivity contribution in [2.75, 3.05) is 18.5 Å². The standard InChI is InChI=1S/C26H27N3O5S/c1-16(24(31)32)7-6-12-27-23(30)13-17-15-35-25(28-17)29-26(33)34-14-22-20-10-4-2-8-18(20)19-9-3-5-11-21(19)22/h2-5,8-11,15-16,22H,6-7,12-14H2,1H3,(H,27,30)(H,31,32)(H,28,29,33). The van der Waals surface area contributed by atoms with Crippen molar-refractivity contribution in [3.05, 3.63) is 70.7 Å². The second-order valence-corrected chi connectivity index (χ2v) is 9.36. The summed E-state index contributed by atoms with van der Waals surface area (Å²) >= 11 is 1.22. The Kier molecular flexibility index (Phi) is 7.77. The first kappa shape index (κ1) is 24.4. The van der Waals surface area contributed by atoms with Crippen LogP contribution in [-0.2, 0) is 20.7 Å². The third-order valence-corrected chi connectivity index (χ3v) is 6.81. The Labute approximate surface area is 207 Å². The number of benzene rings is 2. The highest BCUT2D eigenvalue weighted by atomic mass is 32.1. The number of nitrogens with zero attached hydrogens (tertiary/aromatic N) is 1. The molecule has 1 heterocycles. The molecule has 0 fully saturated rings. The van der Waals surface area contributed by atoms with E-state index in [1.165, 1.54) is 11.3 Å². The molecule has 3 N–H and O–H groups in total. The van der Waals surface area contributed by atoms with Gasteiger partial charge < -0.3 is 15.2 Å². The zero-order chi connectivity index (χ0) is 24.8. The lowest BCUT2D eigenvalue weighted by Crippen LogP contribution is -2.26. The van der Waals surface area contributed by atoms with E-state index in [-0.39, 0.29) is 24.9 Å². The Morgan fingerprint density at radius 1 is 1.09 bits per heavy atom. The SMILES string of the molecule is CC(CCCNC(=O)Cc1csc(NC(=O)OCC2c3ccccc3-c3ccccc32)n1)C(=O)O. The van der Waals surface area contributed by atoms with E-state index in [0.29, 0.717) is 30.2 Å². The molecule has 1 aliphatic carbocycles. The summed E-state index contributed by atoms with van der Waals surface area (Å²) in [5.41, 5.74) is 5.15. The molecule has 2 aromatic carbocycles. The number of rotatable bonds is 10. The van der Waals surface area contributed by atoms with Gasteiger partial charge in [0.25, 0.3) is 0 Å². The number of carbonyl (C=O) groups is 3. The smallest absolute Gasteiger partial charge is 0.413 e. The second-order valence-electron chi connectivity index (χ2n) is 8.50. The molecule has 8 nitrogen and oxygen atoms in total. The Morgan fingerprint density at radius 2 is 1.74 bits per heavy atom. The summed E-state index contributed by atoms with van der Waals surface area (Å²) < 4.78 is 5.53. The van der Waals surface area contributed by atoms with E-state index in [1.807, 2.05) is 24.3 Å². The van der Waals surface area contributed by atoms with Gasteiger partial charge in [-0.3, -0.25) is 14.9 Å². The van der Waals surface area contributed by atoms with E-state index >= 15 is 0 Å². The van der Waals surface area contributed by atoms with Crippen LogP contribution in [-0.4, -0.2) is 41.2 Å². The van der Waals surface area contributed by atoms with Crippen molar-refractivity contribution in [3.8, 4) is 11.1 Å². The number of thiazole rings is 1. The van der Waals surface area contributed by atoms with Gasteiger partial charge in [-0.1, -0.05) is 55.5 Å². The molecule has 0 bridgehead atoms. The third-order valence-electron chi connectivity index (χ3n) is 6.00. The van der Waals surface area contributed by atoms with Gasteiger partial charge in [-0.05, 0) is 35.1 Å². The van der Waals surface area contributed by atoms with Gasteiger partial charge in [-0.25, -0.2) is 9.78 Å². The molecule has 1 aromatic heterocycles. The summed E-state index contributed by atoms with van der Waals surface area (Å²) in [6.07, 6.45) is 0.577. The first-order valence-electron chi connectivity index (χ1n) is 11.5. The largest absolute Gasteiger partial charge is 0.481 e. The van der Waals surface area contributed by atoms with E-state index in [2.05, 4.69) is 39.9 Å². The predicted octanol–water partition coefficient (Wildman–Crippen LogP) is 4.66. The predicted molar refractivity (Wildman–Crippen MR) is 134 cm³/mol. The van der Waals surface area contributed by atoms with E-state index in [0.717, 1.165) is 22.3 Å². The van der Waals surface area contributed by atoms with Crippen LogP contribution in [0.1, 0.15) is 42.5 Å². The first-order valence-corrected chi connectivity index (χ1v) is 12.4. The van der Waals surface area contributed by atoms with Crippen molar-refractivity contribution in [1.29, 1.82) is 0 Å². The number of nitrogens with one attached hydrogen (secondary N) is 2. The lowest BCUT2D eigenvalue weighted by atomic mass is 9.98. The van der Waals surface area contributed by atoms with Crippen LogP contribution in [0.4, 0.5) is 9.93 Å². The lowest BCUT2D eigenvalue weighted by Gasteiger charge is -2.14. The zero-order valence-corrected chi connectivity index (χ0v) is 20.1. The average molecular weight is 494 g/mol. The number of hydrogen-bond acceptors (Lipinski definition) is 6. The van der Waals surface area contributed by atoms with Crippen LogP contribution >= 0.6 is 11.3 Å². The Morgan fingerprint density at radius 3 is 2.40 bits per heavy atom. The maximum absolute atomic E-state index is 12.4. The highest BCUT2D eigenvalue weighted by Gasteiger charge is 2.29. The summed E-state index contributed by atoms with van der Waals surface area (Å²) in [7, 11) is 0. The molecule has 35 heavy (non-hydrogen) atoms. The fourth-order valence-corrected chi connectivity index (χ4v) is 4.85. The van der Waals surface area contributed by atoms with E-state index in [4.69, 9.17) is 9.84 Å². The molecule has 0 spiro atoms. The minimum Gasteiger partial charge on any atom is -0.481 e. The quantitative estimate of drug-likeness (QED) is 0.354. The molecule has 0 saturated carbocycles. The lowest BCUT2D eigenvalue weighted by molar-refractivity contribution is -0.141. The highest BCUT2D eigenvalue weighted by molar-refractivity contribution is 7.13. The molecule has 4 rings (SSSR count). The number of hydrogen-bond donors (Lipinski definition) is 3. The van der Waals surface area contributed by atoms with Gasteiger partial charge in [-0.2, -0.15) is 0 Å². The van der Waals surface area contributed by atoms with Gasteiger partial charge >= 0.3 is 12.1 Å². The van der Waals surface area contributed by atoms with Crippen LogP contribution in [0.25, 0.3) is 11.1 Å². The van der Waals surface area contributed by atoms with E-state index in [1.54, 1.807) is 12.3 Å². The average Bonchev–Trinajstić information content (AvgIpc) is 3.42. The van der Waals surface area contributed by atoms with Gasteiger partial charge in [0.1, 0.15) is 6.61 Å².